The number of nitrogens with zero attached hydrogens (tertiary/aromatic N) is 2. The van der Waals surface area contributed by atoms with E-state index in [2.05, 4.69) is 59.5 Å². The summed E-state index contributed by atoms with van der Waals surface area (Å²) in [7, 11) is 2.13. The minimum Gasteiger partial charge on any atom is -0.379 e. The highest BCUT2D eigenvalue weighted by molar-refractivity contribution is 6.39. The molecular formula is C27H36N4O3. The largest absolute Gasteiger partial charge is 0.379 e. The van der Waals surface area contributed by atoms with Gasteiger partial charge in [0.15, 0.2) is 0 Å². The maximum absolute atomic E-state index is 12.6. The van der Waals surface area contributed by atoms with Crippen LogP contribution in [0.3, 0.4) is 0 Å². The Morgan fingerprint density at radius 1 is 0.971 bits per heavy atom. The molecule has 2 N–H and O–H groups in total. The fourth-order valence-corrected chi connectivity index (χ4v) is 4.77. The molecule has 0 radical (unpaired) electrons. The van der Waals surface area contributed by atoms with Crippen LogP contribution in [0.25, 0.3) is 0 Å². The van der Waals surface area contributed by atoms with Crippen LogP contribution in [0.4, 0.5) is 11.4 Å². The van der Waals surface area contributed by atoms with Crippen LogP contribution in [-0.4, -0.2) is 63.2 Å². The van der Waals surface area contributed by atoms with E-state index < -0.39 is 11.8 Å². The van der Waals surface area contributed by atoms with Gasteiger partial charge in [0.2, 0.25) is 0 Å². The minimum absolute atomic E-state index is 0.0106. The second kappa shape index (κ2) is 11.0. The van der Waals surface area contributed by atoms with Gasteiger partial charge in [-0.3, -0.25) is 14.5 Å². The molecule has 0 aliphatic carbocycles. The molecule has 0 aromatic heterocycles. The lowest BCUT2D eigenvalue weighted by atomic mass is 9.95. The van der Waals surface area contributed by atoms with Crippen molar-refractivity contribution < 1.29 is 14.3 Å². The van der Waals surface area contributed by atoms with Crippen molar-refractivity contribution in [3.8, 4) is 0 Å². The quantitative estimate of drug-likeness (QED) is 0.642. The summed E-state index contributed by atoms with van der Waals surface area (Å²) in [5, 5.41) is 5.58. The van der Waals surface area contributed by atoms with Gasteiger partial charge < -0.3 is 20.3 Å². The van der Waals surface area contributed by atoms with E-state index in [1.165, 1.54) is 22.4 Å². The fourth-order valence-electron chi connectivity index (χ4n) is 4.77. The van der Waals surface area contributed by atoms with Gasteiger partial charge in [0, 0.05) is 44.6 Å². The average Bonchev–Trinajstić information content (AvgIpc) is 2.85. The smallest absolute Gasteiger partial charge is 0.313 e. The summed E-state index contributed by atoms with van der Waals surface area (Å²) < 4.78 is 5.54. The Bertz CT molecular complexity index is 999. The van der Waals surface area contributed by atoms with Crippen LogP contribution in [0.15, 0.2) is 42.5 Å². The van der Waals surface area contributed by atoms with E-state index >= 15 is 0 Å². The topological polar surface area (TPSA) is 73.9 Å². The minimum atomic E-state index is -0.648. The number of fused-ring (bicyclic) bond motifs is 1. The van der Waals surface area contributed by atoms with Crippen molar-refractivity contribution in [1.82, 2.24) is 10.2 Å². The highest BCUT2D eigenvalue weighted by atomic mass is 16.5. The molecule has 2 aliphatic heterocycles. The molecule has 2 aromatic carbocycles. The van der Waals surface area contributed by atoms with E-state index in [9.17, 15) is 9.59 Å². The number of carbonyl (C=O) groups is 2. The number of nitrogens with one attached hydrogen (secondary N) is 2. The molecule has 1 atom stereocenters. The molecule has 2 aliphatic rings. The van der Waals surface area contributed by atoms with Crippen LogP contribution in [0.5, 0.6) is 0 Å². The number of hydrogen-bond acceptors (Lipinski definition) is 5. The average molecular weight is 465 g/mol. The molecule has 0 bridgehead atoms. The fraction of sp³-hybridized carbons (Fsp3) is 0.481. The third-order valence-electron chi connectivity index (χ3n) is 6.82. The van der Waals surface area contributed by atoms with Gasteiger partial charge in [-0.05, 0) is 53.6 Å². The van der Waals surface area contributed by atoms with Crippen LogP contribution >= 0.6 is 0 Å². The molecule has 34 heavy (non-hydrogen) atoms. The molecule has 7 heteroatoms. The van der Waals surface area contributed by atoms with Gasteiger partial charge in [-0.25, -0.2) is 0 Å². The third kappa shape index (κ3) is 5.77. The van der Waals surface area contributed by atoms with Crippen LogP contribution in [0.2, 0.25) is 0 Å². The molecule has 0 saturated carbocycles. The highest BCUT2D eigenvalue weighted by Crippen LogP contribution is 2.31. The zero-order valence-electron chi connectivity index (χ0n) is 20.5. The highest BCUT2D eigenvalue weighted by Gasteiger charge is 2.26. The molecular weight excluding hydrogens is 428 g/mol. The second-order valence-corrected chi connectivity index (χ2v) is 9.52. The lowest BCUT2D eigenvalue weighted by Crippen LogP contribution is -2.45. The van der Waals surface area contributed by atoms with Crippen molar-refractivity contribution in [3.63, 3.8) is 0 Å². The van der Waals surface area contributed by atoms with E-state index in [1.807, 2.05) is 24.3 Å². The number of morpholine rings is 1. The lowest BCUT2D eigenvalue weighted by molar-refractivity contribution is -0.136. The van der Waals surface area contributed by atoms with E-state index in [1.54, 1.807) is 0 Å². The maximum atomic E-state index is 12.6. The lowest BCUT2D eigenvalue weighted by Gasteiger charge is -2.36. The number of carbonyl (C=O) groups excluding carboxylic acids is 2. The summed E-state index contributed by atoms with van der Waals surface area (Å²) in [4.78, 5) is 29.8. The number of amides is 2. The summed E-state index contributed by atoms with van der Waals surface area (Å²) in [5.74, 6) is -0.858. The molecule has 182 valence electrons. The van der Waals surface area contributed by atoms with Crippen molar-refractivity contribution >= 4 is 23.2 Å². The summed E-state index contributed by atoms with van der Waals surface area (Å²) in [6, 6.07) is 14.2. The molecule has 7 nitrogen and oxygen atoms in total. The molecule has 1 fully saturated rings. The van der Waals surface area contributed by atoms with Gasteiger partial charge in [-0.2, -0.15) is 0 Å². The molecule has 2 heterocycles. The monoisotopic (exact) mass is 464 g/mol. The summed E-state index contributed by atoms with van der Waals surface area (Å²) >= 11 is 0. The summed E-state index contributed by atoms with van der Waals surface area (Å²) in [6.45, 7) is 8.62. The van der Waals surface area contributed by atoms with E-state index in [-0.39, 0.29) is 6.04 Å². The van der Waals surface area contributed by atoms with Gasteiger partial charge in [0.25, 0.3) is 0 Å². The Morgan fingerprint density at radius 2 is 1.68 bits per heavy atom. The van der Waals surface area contributed by atoms with Crippen molar-refractivity contribution in [1.29, 1.82) is 0 Å². The number of aryl methyl sites for hydroxylation is 1. The molecule has 4 rings (SSSR count). The summed E-state index contributed by atoms with van der Waals surface area (Å²) in [5.41, 5.74) is 5.60. The number of benzene rings is 2. The number of ether oxygens (including phenoxy) is 1. The third-order valence-corrected chi connectivity index (χ3v) is 6.82. The zero-order valence-corrected chi connectivity index (χ0v) is 20.5. The Labute approximate surface area is 202 Å². The number of anilines is 2. The predicted molar refractivity (Wildman–Crippen MR) is 135 cm³/mol. The van der Waals surface area contributed by atoms with Gasteiger partial charge in [-0.15, -0.1) is 0 Å². The van der Waals surface area contributed by atoms with Crippen molar-refractivity contribution in [2.45, 2.75) is 38.6 Å². The van der Waals surface area contributed by atoms with Crippen LogP contribution in [0, 0.1) is 0 Å². The van der Waals surface area contributed by atoms with E-state index in [0.717, 1.165) is 32.5 Å². The Kier molecular flexibility index (Phi) is 7.85. The van der Waals surface area contributed by atoms with Crippen molar-refractivity contribution in [2.24, 2.45) is 0 Å². The first-order valence-corrected chi connectivity index (χ1v) is 12.3. The molecule has 2 amide bonds. The van der Waals surface area contributed by atoms with Gasteiger partial charge >= 0.3 is 11.8 Å². The van der Waals surface area contributed by atoms with Crippen LogP contribution in [-0.2, 0) is 20.7 Å². The van der Waals surface area contributed by atoms with Crippen molar-refractivity contribution in [2.75, 3.05) is 56.7 Å². The first-order chi connectivity index (χ1) is 16.4. The standard InChI is InChI=1S/C27H36N4O3/c1-19(2)20-6-9-23(10-7-20)29-27(33)26(32)28-18-25(31-13-15-34-16-14-31)22-8-11-24-21(17-22)5-4-12-30(24)3/h6-11,17,19,25H,4-5,12-16,18H2,1-3H3,(H,28,32)(H,29,33)/t25-/m1/s1. The Balaban J connectivity index is 1.43. The van der Waals surface area contributed by atoms with Crippen LogP contribution < -0.4 is 15.5 Å². The zero-order chi connectivity index (χ0) is 24.1. The van der Waals surface area contributed by atoms with Gasteiger partial charge in [0.05, 0.1) is 19.3 Å². The first kappa shape index (κ1) is 24.2. The number of hydrogen-bond donors (Lipinski definition) is 2. The number of rotatable bonds is 6. The predicted octanol–water partition coefficient (Wildman–Crippen LogP) is 3.32. The normalized spacial score (nSPS) is 17.2. The van der Waals surface area contributed by atoms with Gasteiger partial charge in [-0.1, -0.05) is 38.1 Å². The van der Waals surface area contributed by atoms with E-state index in [0.29, 0.717) is 31.4 Å². The molecule has 2 aromatic rings. The summed E-state index contributed by atoms with van der Waals surface area (Å²) in [6.07, 6.45) is 2.21. The Hall–Kier alpha value is -2.90. The second-order valence-electron chi connectivity index (χ2n) is 9.52. The maximum Gasteiger partial charge on any atom is 0.313 e. The van der Waals surface area contributed by atoms with E-state index in [4.69, 9.17) is 4.74 Å². The van der Waals surface area contributed by atoms with Crippen LogP contribution in [0.1, 0.15) is 48.9 Å². The molecule has 1 saturated heterocycles. The van der Waals surface area contributed by atoms with Crippen molar-refractivity contribution in [3.05, 3.63) is 59.2 Å². The SMILES string of the molecule is CC(C)c1ccc(NC(=O)C(=O)NC[C@H](c2ccc3c(c2)CCCN3C)N2CCOCC2)cc1. The van der Waals surface area contributed by atoms with Gasteiger partial charge in [0.1, 0.15) is 0 Å². The Morgan fingerprint density at radius 3 is 2.38 bits per heavy atom. The first-order valence-electron chi connectivity index (χ1n) is 12.3. The molecule has 0 unspecified atom stereocenters. The molecule has 0 spiro atoms.